The van der Waals surface area contributed by atoms with Crippen LogP contribution in [0.15, 0.2) is 24.3 Å². The summed E-state index contributed by atoms with van der Waals surface area (Å²) in [5.74, 6) is 0. The predicted octanol–water partition coefficient (Wildman–Crippen LogP) is 5.10. The van der Waals surface area contributed by atoms with Gasteiger partial charge >= 0.3 is 0 Å². The highest BCUT2D eigenvalue weighted by atomic mass is 35.5. The second-order valence-electron chi connectivity index (χ2n) is 5.49. The zero-order chi connectivity index (χ0) is 12.8. The first-order chi connectivity index (χ1) is 8.75. The van der Waals surface area contributed by atoms with Gasteiger partial charge in [-0.25, -0.2) is 0 Å². The van der Waals surface area contributed by atoms with Crippen molar-refractivity contribution in [3.63, 3.8) is 0 Å². The fourth-order valence-electron chi connectivity index (χ4n) is 2.85. The average Bonchev–Trinajstić information content (AvgIpc) is 2.32. The topological polar surface area (TPSA) is 12.0 Å². The molecule has 1 unspecified atom stereocenters. The van der Waals surface area contributed by atoms with Gasteiger partial charge in [-0.2, -0.15) is 0 Å². The van der Waals surface area contributed by atoms with Crippen molar-refractivity contribution in [1.29, 1.82) is 0 Å². The number of nitrogens with one attached hydrogen (secondary N) is 1. The lowest BCUT2D eigenvalue weighted by Gasteiger charge is -2.25. The third kappa shape index (κ3) is 4.29. The van der Waals surface area contributed by atoms with E-state index in [0.717, 1.165) is 5.02 Å². The maximum atomic E-state index is 6.05. The van der Waals surface area contributed by atoms with Crippen LogP contribution in [0, 0.1) is 0 Å². The molecule has 0 aromatic heterocycles. The zero-order valence-corrected chi connectivity index (χ0v) is 12.0. The Bertz CT molecular complexity index is 356. The molecule has 1 nitrogen and oxygen atoms in total. The first-order valence-corrected chi connectivity index (χ1v) is 7.65. The molecular formula is C16H24ClN. The summed E-state index contributed by atoms with van der Waals surface area (Å²) in [6, 6.07) is 9.28. The van der Waals surface area contributed by atoms with Crippen LogP contribution in [-0.4, -0.2) is 6.04 Å². The van der Waals surface area contributed by atoms with Crippen LogP contribution in [-0.2, 0) is 0 Å². The highest BCUT2D eigenvalue weighted by molar-refractivity contribution is 6.30. The van der Waals surface area contributed by atoms with Crippen molar-refractivity contribution in [3.05, 3.63) is 34.9 Å². The Kier molecular flexibility index (Phi) is 5.52. The van der Waals surface area contributed by atoms with Crippen LogP contribution in [0.4, 0.5) is 0 Å². The molecule has 1 atom stereocenters. The van der Waals surface area contributed by atoms with Crippen LogP contribution in [0.3, 0.4) is 0 Å². The van der Waals surface area contributed by atoms with Crippen molar-refractivity contribution in [3.8, 4) is 0 Å². The van der Waals surface area contributed by atoms with E-state index in [0.29, 0.717) is 12.1 Å². The molecule has 18 heavy (non-hydrogen) atoms. The van der Waals surface area contributed by atoms with Crippen LogP contribution in [0.2, 0.25) is 5.02 Å². The van der Waals surface area contributed by atoms with Crippen molar-refractivity contribution in [2.75, 3.05) is 0 Å². The summed E-state index contributed by atoms with van der Waals surface area (Å²) in [6.45, 7) is 2.24. The first kappa shape index (κ1) is 13.9. The number of rotatable bonds is 3. The van der Waals surface area contributed by atoms with Gasteiger partial charge < -0.3 is 5.32 Å². The van der Waals surface area contributed by atoms with Crippen molar-refractivity contribution < 1.29 is 0 Å². The molecule has 0 saturated heterocycles. The predicted molar refractivity (Wildman–Crippen MR) is 79.1 cm³/mol. The summed E-state index contributed by atoms with van der Waals surface area (Å²) in [4.78, 5) is 0. The summed E-state index contributed by atoms with van der Waals surface area (Å²) in [6.07, 6.45) is 9.64. The molecule has 1 aliphatic carbocycles. The number of hydrogen-bond donors (Lipinski definition) is 1. The monoisotopic (exact) mass is 265 g/mol. The van der Waals surface area contributed by atoms with Crippen LogP contribution in [0.25, 0.3) is 0 Å². The lowest BCUT2D eigenvalue weighted by atomic mass is 9.95. The molecule has 1 aliphatic rings. The van der Waals surface area contributed by atoms with Crippen molar-refractivity contribution in [1.82, 2.24) is 5.32 Å². The fraction of sp³-hybridized carbons (Fsp3) is 0.625. The van der Waals surface area contributed by atoms with Gasteiger partial charge in [0.15, 0.2) is 0 Å². The minimum atomic E-state index is 0.396. The highest BCUT2D eigenvalue weighted by Gasteiger charge is 2.14. The average molecular weight is 266 g/mol. The van der Waals surface area contributed by atoms with Crippen molar-refractivity contribution in [2.45, 2.75) is 64.0 Å². The third-order valence-electron chi connectivity index (χ3n) is 3.94. The number of benzene rings is 1. The van der Waals surface area contributed by atoms with Gasteiger partial charge in [0.1, 0.15) is 0 Å². The summed E-state index contributed by atoms with van der Waals surface area (Å²) in [7, 11) is 0. The quantitative estimate of drug-likeness (QED) is 0.801. The normalized spacial score (nSPS) is 20.1. The van der Waals surface area contributed by atoms with E-state index >= 15 is 0 Å². The minimum absolute atomic E-state index is 0.396. The Labute approximate surface area is 116 Å². The van der Waals surface area contributed by atoms with Crippen LogP contribution < -0.4 is 5.32 Å². The zero-order valence-electron chi connectivity index (χ0n) is 11.3. The maximum absolute atomic E-state index is 6.05. The van der Waals surface area contributed by atoms with E-state index in [1.165, 1.54) is 50.5 Å². The van der Waals surface area contributed by atoms with E-state index < -0.39 is 0 Å². The molecule has 100 valence electrons. The second kappa shape index (κ2) is 7.16. The van der Waals surface area contributed by atoms with Crippen molar-refractivity contribution in [2.24, 2.45) is 0 Å². The van der Waals surface area contributed by atoms with Gasteiger partial charge in [-0.15, -0.1) is 0 Å². The lowest BCUT2D eigenvalue weighted by molar-refractivity contribution is 0.363. The van der Waals surface area contributed by atoms with Gasteiger partial charge in [0.25, 0.3) is 0 Å². The Balaban J connectivity index is 1.90. The van der Waals surface area contributed by atoms with Gasteiger partial charge in [-0.1, -0.05) is 55.8 Å². The van der Waals surface area contributed by atoms with E-state index in [1.807, 2.05) is 12.1 Å². The molecule has 2 rings (SSSR count). The number of hydrogen-bond acceptors (Lipinski definition) is 1. The molecule has 0 amide bonds. The Hall–Kier alpha value is -0.530. The molecular weight excluding hydrogens is 242 g/mol. The maximum Gasteiger partial charge on any atom is 0.0409 e. The molecule has 0 spiro atoms. The molecule has 0 radical (unpaired) electrons. The van der Waals surface area contributed by atoms with E-state index in [9.17, 15) is 0 Å². The highest BCUT2D eigenvalue weighted by Crippen LogP contribution is 2.22. The van der Waals surface area contributed by atoms with Gasteiger partial charge in [-0.05, 0) is 37.5 Å². The van der Waals surface area contributed by atoms with Crippen molar-refractivity contribution >= 4 is 11.6 Å². The van der Waals surface area contributed by atoms with Crippen LogP contribution in [0.1, 0.15) is 63.5 Å². The molecule has 0 heterocycles. The van der Waals surface area contributed by atoms with Gasteiger partial charge in [-0.3, -0.25) is 0 Å². The minimum Gasteiger partial charge on any atom is -0.307 e. The van der Waals surface area contributed by atoms with E-state index in [-0.39, 0.29) is 0 Å². The van der Waals surface area contributed by atoms with Gasteiger partial charge in [0.2, 0.25) is 0 Å². The standard InChI is InChI=1S/C16H24ClN/c1-13(14-8-7-9-15(17)12-14)18-16-10-5-3-2-4-6-11-16/h7-9,12-13,16,18H,2-6,10-11H2,1H3. The molecule has 1 saturated carbocycles. The third-order valence-corrected chi connectivity index (χ3v) is 4.17. The van der Waals surface area contributed by atoms with Gasteiger partial charge in [0.05, 0.1) is 0 Å². The SMILES string of the molecule is CC(NC1CCCCCCC1)c1cccc(Cl)c1. The molecule has 0 bridgehead atoms. The smallest absolute Gasteiger partial charge is 0.0409 e. The van der Waals surface area contributed by atoms with E-state index in [2.05, 4.69) is 24.4 Å². The second-order valence-corrected chi connectivity index (χ2v) is 5.92. The Morgan fingerprint density at radius 2 is 1.78 bits per heavy atom. The Morgan fingerprint density at radius 1 is 1.11 bits per heavy atom. The van der Waals surface area contributed by atoms with Gasteiger partial charge in [0, 0.05) is 17.1 Å². The lowest BCUT2D eigenvalue weighted by Crippen LogP contribution is -2.32. The molecule has 2 heteroatoms. The summed E-state index contributed by atoms with van der Waals surface area (Å²) in [5.41, 5.74) is 1.30. The molecule has 1 aromatic carbocycles. The van der Waals surface area contributed by atoms with Crippen LogP contribution >= 0.6 is 11.6 Å². The van der Waals surface area contributed by atoms with Crippen LogP contribution in [0.5, 0.6) is 0 Å². The number of halogens is 1. The summed E-state index contributed by atoms with van der Waals surface area (Å²) >= 11 is 6.05. The summed E-state index contributed by atoms with van der Waals surface area (Å²) < 4.78 is 0. The molecule has 0 aliphatic heterocycles. The Morgan fingerprint density at radius 3 is 2.44 bits per heavy atom. The van der Waals surface area contributed by atoms with E-state index in [1.54, 1.807) is 0 Å². The molecule has 1 fully saturated rings. The van der Waals surface area contributed by atoms with E-state index in [4.69, 9.17) is 11.6 Å². The fourth-order valence-corrected chi connectivity index (χ4v) is 3.05. The molecule has 1 N–H and O–H groups in total. The first-order valence-electron chi connectivity index (χ1n) is 7.27. The summed E-state index contributed by atoms with van der Waals surface area (Å²) in [5, 5.41) is 4.60. The largest absolute Gasteiger partial charge is 0.307 e. The molecule has 1 aromatic rings.